The number of likely N-dealkylation sites (N-methyl/N-ethyl adjacent to an activating group) is 1. The zero-order chi connectivity index (χ0) is 20.6. The number of carbonyl (C=O) groups is 2. The summed E-state index contributed by atoms with van der Waals surface area (Å²) in [5.41, 5.74) is 1.11. The van der Waals surface area contributed by atoms with Crippen molar-refractivity contribution in [3.05, 3.63) is 35.9 Å². The summed E-state index contributed by atoms with van der Waals surface area (Å²) in [6, 6.07) is 10.6. The summed E-state index contributed by atoms with van der Waals surface area (Å²) in [5.74, 6) is 0.609. The van der Waals surface area contributed by atoms with Gasteiger partial charge in [-0.05, 0) is 52.3 Å². The maximum absolute atomic E-state index is 11.4. The summed E-state index contributed by atoms with van der Waals surface area (Å²) in [5, 5.41) is 6.89. The molecule has 1 aromatic carbocycles. The first kappa shape index (κ1) is 26.4. The molecule has 26 heavy (non-hydrogen) atoms. The molecule has 150 valence electrons. The van der Waals surface area contributed by atoms with Crippen LogP contribution in [0.4, 0.5) is 0 Å². The lowest BCUT2D eigenvalue weighted by atomic mass is 9.91. The van der Waals surface area contributed by atoms with Crippen LogP contribution in [0.3, 0.4) is 0 Å². The molecule has 1 unspecified atom stereocenters. The Labute approximate surface area is 159 Å². The molecular formula is C21H37NO4. The smallest absolute Gasteiger partial charge is 0.311 e. The zero-order valence-corrected chi connectivity index (χ0v) is 17.5. The highest BCUT2D eigenvalue weighted by Crippen LogP contribution is 2.21. The SMILES string of the molecule is CCC(C)(C)C(=O)OCCN(C)C.CCC(C)c1ccccc1.O=CO. The molecule has 1 aromatic rings. The molecule has 1 atom stereocenters. The molecule has 0 saturated heterocycles. The third-order valence-electron chi connectivity index (χ3n) is 4.19. The molecule has 0 aliphatic carbocycles. The lowest BCUT2D eigenvalue weighted by Crippen LogP contribution is -2.28. The third-order valence-corrected chi connectivity index (χ3v) is 4.19. The molecule has 1 rings (SSSR count). The highest BCUT2D eigenvalue weighted by atomic mass is 16.5. The van der Waals surface area contributed by atoms with Gasteiger partial charge in [-0.25, -0.2) is 0 Å². The number of esters is 1. The second kappa shape index (κ2) is 15.4. The molecule has 0 aromatic heterocycles. The summed E-state index contributed by atoms with van der Waals surface area (Å²) < 4.78 is 5.13. The Morgan fingerprint density at radius 1 is 1.23 bits per heavy atom. The van der Waals surface area contributed by atoms with E-state index >= 15 is 0 Å². The van der Waals surface area contributed by atoms with Crippen LogP contribution in [0, 0.1) is 5.41 Å². The Hall–Kier alpha value is -1.88. The van der Waals surface area contributed by atoms with Crippen LogP contribution < -0.4 is 0 Å². The standard InChI is InChI=1S/C10H21NO2.C10H14.CH2O2/c1-6-10(2,3)9(12)13-8-7-11(4)5;1-3-9(2)10-7-5-4-6-8-10;2-1-3/h6-8H2,1-5H3;4-9H,3H2,1-2H3;1H,(H,2,3). The average molecular weight is 368 g/mol. The second-order valence-corrected chi connectivity index (χ2v) is 7.00. The fraction of sp³-hybridized carbons (Fsp3) is 0.619. The first-order chi connectivity index (χ1) is 12.2. The largest absolute Gasteiger partial charge is 0.483 e. The van der Waals surface area contributed by atoms with Crippen molar-refractivity contribution in [2.75, 3.05) is 27.2 Å². The molecular weight excluding hydrogens is 330 g/mol. The van der Waals surface area contributed by atoms with Crippen LogP contribution >= 0.6 is 0 Å². The minimum absolute atomic E-state index is 0.100. The monoisotopic (exact) mass is 367 g/mol. The van der Waals surface area contributed by atoms with E-state index in [1.54, 1.807) is 0 Å². The normalized spacial score (nSPS) is 11.4. The summed E-state index contributed by atoms with van der Waals surface area (Å²) in [4.78, 5) is 21.8. The molecule has 5 nitrogen and oxygen atoms in total. The molecule has 1 N–H and O–H groups in total. The van der Waals surface area contributed by atoms with Gasteiger partial charge in [0.25, 0.3) is 6.47 Å². The number of ether oxygens (including phenoxy) is 1. The van der Waals surface area contributed by atoms with Gasteiger partial charge in [0.15, 0.2) is 0 Å². The van der Waals surface area contributed by atoms with Crippen LogP contribution in [-0.4, -0.2) is 49.7 Å². The summed E-state index contributed by atoms with van der Waals surface area (Å²) in [7, 11) is 3.91. The van der Waals surface area contributed by atoms with Gasteiger partial charge in [-0.15, -0.1) is 0 Å². The van der Waals surface area contributed by atoms with Gasteiger partial charge >= 0.3 is 5.97 Å². The fourth-order valence-corrected chi connectivity index (χ4v) is 1.68. The van der Waals surface area contributed by atoms with Gasteiger partial charge in [0.05, 0.1) is 5.41 Å². The van der Waals surface area contributed by atoms with Crippen LogP contribution in [-0.2, 0) is 14.3 Å². The molecule has 0 radical (unpaired) electrons. The van der Waals surface area contributed by atoms with Crippen molar-refractivity contribution < 1.29 is 19.4 Å². The van der Waals surface area contributed by atoms with E-state index in [-0.39, 0.29) is 17.9 Å². The highest BCUT2D eigenvalue weighted by molar-refractivity contribution is 5.75. The molecule has 0 bridgehead atoms. The van der Waals surface area contributed by atoms with Gasteiger partial charge in [0, 0.05) is 6.54 Å². The van der Waals surface area contributed by atoms with E-state index in [1.807, 2.05) is 39.8 Å². The third kappa shape index (κ3) is 13.4. The van der Waals surface area contributed by atoms with Crippen molar-refractivity contribution in [2.45, 2.75) is 53.4 Å². The lowest BCUT2D eigenvalue weighted by Gasteiger charge is -2.20. The molecule has 0 aliphatic heterocycles. The average Bonchev–Trinajstić information content (AvgIpc) is 2.62. The predicted octanol–water partition coefficient (Wildman–Crippen LogP) is 4.43. The Bertz CT molecular complexity index is 472. The minimum Gasteiger partial charge on any atom is -0.483 e. The number of nitrogens with zero attached hydrogens (tertiary/aromatic N) is 1. The Morgan fingerprint density at radius 2 is 1.73 bits per heavy atom. The van der Waals surface area contributed by atoms with Crippen LogP contribution in [0.15, 0.2) is 30.3 Å². The van der Waals surface area contributed by atoms with E-state index in [0.29, 0.717) is 12.5 Å². The van der Waals surface area contributed by atoms with Crippen molar-refractivity contribution in [1.29, 1.82) is 0 Å². The van der Waals surface area contributed by atoms with Crippen LogP contribution in [0.5, 0.6) is 0 Å². The lowest BCUT2D eigenvalue weighted by molar-refractivity contribution is -0.154. The van der Waals surface area contributed by atoms with E-state index in [0.717, 1.165) is 13.0 Å². The van der Waals surface area contributed by atoms with E-state index in [2.05, 4.69) is 44.2 Å². The van der Waals surface area contributed by atoms with Gasteiger partial charge in [-0.2, -0.15) is 0 Å². The van der Waals surface area contributed by atoms with Crippen molar-refractivity contribution in [1.82, 2.24) is 4.90 Å². The number of hydrogen-bond acceptors (Lipinski definition) is 4. The van der Waals surface area contributed by atoms with Crippen molar-refractivity contribution >= 4 is 12.4 Å². The Kier molecular flexibility index (Phi) is 15.6. The van der Waals surface area contributed by atoms with Crippen LogP contribution in [0.1, 0.15) is 58.9 Å². The number of benzene rings is 1. The summed E-state index contributed by atoms with van der Waals surface area (Å²) in [6.45, 7) is 11.3. The molecule has 0 amide bonds. The quantitative estimate of drug-likeness (QED) is 0.570. The summed E-state index contributed by atoms with van der Waals surface area (Å²) in [6.07, 6.45) is 2.04. The van der Waals surface area contributed by atoms with Crippen molar-refractivity contribution in [3.8, 4) is 0 Å². The topological polar surface area (TPSA) is 66.8 Å². The summed E-state index contributed by atoms with van der Waals surface area (Å²) >= 11 is 0. The number of hydrogen-bond donors (Lipinski definition) is 1. The molecule has 0 spiro atoms. The van der Waals surface area contributed by atoms with Crippen LogP contribution in [0.2, 0.25) is 0 Å². The van der Waals surface area contributed by atoms with E-state index < -0.39 is 0 Å². The molecule has 0 saturated carbocycles. The van der Waals surface area contributed by atoms with Gasteiger partial charge in [0.1, 0.15) is 6.61 Å². The number of carbonyl (C=O) groups excluding carboxylic acids is 1. The molecule has 5 heteroatoms. The van der Waals surface area contributed by atoms with Gasteiger partial charge < -0.3 is 14.7 Å². The van der Waals surface area contributed by atoms with Crippen molar-refractivity contribution in [3.63, 3.8) is 0 Å². The second-order valence-electron chi connectivity index (χ2n) is 7.00. The van der Waals surface area contributed by atoms with Gasteiger partial charge in [0.2, 0.25) is 0 Å². The predicted molar refractivity (Wildman–Crippen MR) is 107 cm³/mol. The number of carboxylic acid groups (broad SMARTS) is 1. The maximum Gasteiger partial charge on any atom is 0.311 e. The number of rotatable bonds is 7. The highest BCUT2D eigenvalue weighted by Gasteiger charge is 2.26. The zero-order valence-electron chi connectivity index (χ0n) is 17.5. The van der Waals surface area contributed by atoms with Crippen LogP contribution in [0.25, 0.3) is 0 Å². The van der Waals surface area contributed by atoms with Gasteiger partial charge in [-0.1, -0.05) is 51.1 Å². The van der Waals surface area contributed by atoms with E-state index in [4.69, 9.17) is 14.6 Å². The minimum atomic E-state index is -0.341. The van der Waals surface area contributed by atoms with Gasteiger partial charge in [-0.3, -0.25) is 9.59 Å². The first-order valence-electron chi connectivity index (χ1n) is 9.10. The van der Waals surface area contributed by atoms with E-state index in [1.165, 1.54) is 12.0 Å². The van der Waals surface area contributed by atoms with Crippen molar-refractivity contribution in [2.24, 2.45) is 5.41 Å². The maximum atomic E-state index is 11.4. The molecule has 0 aliphatic rings. The van der Waals surface area contributed by atoms with E-state index in [9.17, 15) is 4.79 Å². The molecule has 0 fully saturated rings. The fourth-order valence-electron chi connectivity index (χ4n) is 1.68. The first-order valence-corrected chi connectivity index (χ1v) is 9.10. The Morgan fingerprint density at radius 3 is 2.12 bits per heavy atom. The Balaban J connectivity index is 0. The molecule has 0 heterocycles.